The van der Waals surface area contributed by atoms with Crippen molar-refractivity contribution in [3.05, 3.63) is 77.4 Å². The number of carbonyl (C=O) groups excluding carboxylic acids is 1. The van der Waals surface area contributed by atoms with Crippen molar-refractivity contribution in [2.24, 2.45) is 11.8 Å². The van der Waals surface area contributed by atoms with Crippen LogP contribution in [0.5, 0.6) is 28.7 Å². The molecule has 38 heavy (non-hydrogen) atoms. The summed E-state index contributed by atoms with van der Waals surface area (Å²) in [7, 11) is 0. The Morgan fingerprint density at radius 1 is 0.684 bits per heavy atom. The van der Waals surface area contributed by atoms with Gasteiger partial charge in [-0.25, -0.2) is 4.79 Å². The Morgan fingerprint density at radius 2 is 1.24 bits per heavy atom. The van der Waals surface area contributed by atoms with E-state index in [1.54, 1.807) is 0 Å². The Labute approximate surface area is 215 Å². The molecular formula is C27H24O11. The Hall–Kier alpha value is -4.93. The molecule has 1 saturated carbocycles. The third-order valence-corrected chi connectivity index (χ3v) is 6.76. The topological polar surface area (TPSA) is 202 Å². The molecule has 0 unspecified atom stereocenters. The van der Waals surface area contributed by atoms with Gasteiger partial charge in [-0.3, -0.25) is 9.59 Å². The molecule has 1 aliphatic rings. The maximum atomic E-state index is 13.5. The fourth-order valence-corrected chi connectivity index (χ4v) is 4.93. The number of hydrogen-bond acceptors (Lipinski definition) is 9. The Kier molecular flexibility index (Phi) is 7.02. The van der Waals surface area contributed by atoms with Crippen molar-refractivity contribution in [1.29, 1.82) is 0 Å². The third kappa shape index (κ3) is 4.99. The van der Waals surface area contributed by atoms with Crippen molar-refractivity contribution in [3.8, 4) is 28.7 Å². The number of rotatable bonds is 8. The van der Waals surface area contributed by atoms with E-state index in [4.69, 9.17) is 4.74 Å². The smallest absolute Gasteiger partial charge is 0.345 e. The van der Waals surface area contributed by atoms with Gasteiger partial charge in [-0.1, -0.05) is 24.3 Å². The van der Waals surface area contributed by atoms with Gasteiger partial charge in [0.05, 0.1) is 11.8 Å². The highest BCUT2D eigenvalue weighted by molar-refractivity contribution is 5.86. The van der Waals surface area contributed by atoms with E-state index in [0.717, 1.165) is 24.3 Å². The number of carbonyl (C=O) groups is 3. The maximum Gasteiger partial charge on any atom is 0.345 e. The summed E-state index contributed by atoms with van der Waals surface area (Å²) in [6.07, 6.45) is -2.05. The highest BCUT2D eigenvalue weighted by atomic mass is 16.6. The monoisotopic (exact) mass is 524 g/mol. The summed E-state index contributed by atoms with van der Waals surface area (Å²) in [6, 6.07) is 12.8. The first-order chi connectivity index (χ1) is 18.0. The number of esters is 1. The predicted octanol–water partition coefficient (Wildman–Crippen LogP) is 2.65. The summed E-state index contributed by atoms with van der Waals surface area (Å²) in [6.45, 7) is 0. The van der Waals surface area contributed by atoms with E-state index in [-0.39, 0.29) is 23.3 Å². The van der Waals surface area contributed by atoms with Crippen LogP contribution in [0.25, 0.3) is 0 Å². The number of ether oxygens (including phenoxy) is 1. The first-order valence-corrected chi connectivity index (χ1v) is 11.5. The number of aromatic hydroxyl groups is 5. The second-order valence-corrected chi connectivity index (χ2v) is 9.07. The second kappa shape index (κ2) is 10.2. The molecule has 4 rings (SSSR count). The fourth-order valence-electron chi connectivity index (χ4n) is 4.93. The molecule has 0 radical (unpaired) electrons. The zero-order valence-electron chi connectivity index (χ0n) is 19.6. The molecule has 5 atom stereocenters. The van der Waals surface area contributed by atoms with Gasteiger partial charge in [0.1, 0.15) is 5.75 Å². The van der Waals surface area contributed by atoms with E-state index in [2.05, 4.69) is 0 Å². The Bertz CT molecular complexity index is 1380. The molecule has 1 aliphatic carbocycles. The van der Waals surface area contributed by atoms with Crippen LogP contribution in [-0.4, -0.2) is 59.8 Å². The standard InChI is InChI=1S/C27H24O11/c28-15-5-2-13(3-6-15)21-23(26(35)36)22(14-4-8-17(30)19(32)11-14)24(21)27(37)38-20(25(33)34)10-12-1-7-16(29)18(31)9-12/h1-9,11,20-24,28-32H,10H2,(H,33,34)(H,35,36)/t20-,21-,22-,23-,24+/m1/s1. The van der Waals surface area contributed by atoms with Crippen LogP contribution in [0.4, 0.5) is 0 Å². The quantitative estimate of drug-likeness (QED) is 0.169. The highest BCUT2D eigenvalue weighted by Crippen LogP contribution is 2.58. The Morgan fingerprint density at radius 3 is 1.79 bits per heavy atom. The van der Waals surface area contributed by atoms with Gasteiger partial charge in [0.15, 0.2) is 23.0 Å². The molecule has 7 N–H and O–H groups in total. The van der Waals surface area contributed by atoms with Gasteiger partial charge in [0.2, 0.25) is 6.10 Å². The minimum absolute atomic E-state index is 0.0813. The van der Waals surface area contributed by atoms with Gasteiger partial charge in [0, 0.05) is 18.3 Å². The lowest BCUT2D eigenvalue weighted by Gasteiger charge is -2.49. The van der Waals surface area contributed by atoms with E-state index < -0.39 is 70.7 Å². The molecule has 3 aromatic rings. The Balaban J connectivity index is 1.70. The van der Waals surface area contributed by atoms with Crippen LogP contribution >= 0.6 is 0 Å². The molecule has 11 heteroatoms. The van der Waals surface area contributed by atoms with Gasteiger partial charge in [-0.15, -0.1) is 0 Å². The first-order valence-electron chi connectivity index (χ1n) is 11.5. The number of phenolic OH excluding ortho intramolecular Hbond substituents is 5. The van der Waals surface area contributed by atoms with E-state index >= 15 is 0 Å². The molecule has 0 bridgehead atoms. The number of phenols is 5. The number of benzene rings is 3. The molecule has 11 nitrogen and oxygen atoms in total. The van der Waals surface area contributed by atoms with Crippen molar-refractivity contribution in [3.63, 3.8) is 0 Å². The normalized spacial score (nSPS) is 21.2. The molecule has 0 aliphatic heterocycles. The summed E-state index contributed by atoms with van der Waals surface area (Å²) in [5.74, 6) is -10.1. The molecule has 0 heterocycles. The summed E-state index contributed by atoms with van der Waals surface area (Å²) < 4.78 is 5.36. The molecule has 0 spiro atoms. The zero-order chi connectivity index (χ0) is 27.7. The second-order valence-electron chi connectivity index (χ2n) is 9.07. The van der Waals surface area contributed by atoms with Crippen LogP contribution in [0.1, 0.15) is 28.5 Å². The van der Waals surface area contributed by atoms with E-state index in [9.17, 15) is 50.1 Å². The number of carboxylic acids is 2. The first kappa shape index (κ1) is 26.1. The van der Waals surface area contributed by atoms with Crippen molar-refractivity contribution >= 4 is 17.9 Å². The summed E-state index contributed by atoms with van der Waals surface area (Å²) >= 11 is 0. The lowest BCUT2D eigenvalue weighted by molar-refractivity contribution is -0.175. The van der Waals surface area contributed by atoms with Crippen molar-refractivity contribution in [2.45, 2.75) is 24.4 Å². The largest absolute Gasteiger partial charge is 0.508 e. The minimum Gasteiger partial charge on any atom is -0.508 e. The fraction of sp³-hybridized carbons (Fsp3) is 0.222. The van der Waals surface area contributed by atoms with Crippen LogP contribution in [0, 0.1) is 11.8 Å². The van der Waals surface area contributed by atoms with Gasteiger partial charge < -0.3 is 40.5 Å². The zero-order valence-corrected chi connectivity index (χ0v) is 19.6. The van der Waals surface area contributed by atoms with Gasteiger partial charge in [-0.2, -0.15) is 0 Å². The molecule has 3 aromatic carbocycles. The molecule has 1 fully saturated rings. The van der Waals surface area contributed by atoms with Crippen molar-refractivity contribution in [2.75, 3.05) is 0 Å². The maximum absolute atomic E-state index is 13.5. The lowest BCUT2D eigenvalue weighted by Crippen LogP contribution is -2.52. The average Bonchev–Trinajstić information content (AvgIpc) is 2.83. The van der Waals surface area contributed by atoms with Gasteiger partial charge >= 0.3 is 17.9 Å². The van der Waals surface area contributed by atoms with E-state index in [1.807, 2.05) is 0 Å². The minimum atomic E-state index is -1.70. The van der Waals surface area contributed by atoms with Crippen LogP contribution in [-0.2, 0) is 25.5 Å². The molecule has 0 aromatic heterocycles. The molecule has 0 saturated heterocycles. The molecular weight excluding hydrogens is 500 g/mol. The lowest BCUT2D eigenvalue weighted by atomic mass is 9.52. The number of aliphatic carboxylic acids is 2. The van der Waals surface area contributed by atoms with Gasteiger partial charge in [0.25, 0.3) is 0 Å². The SMILES string of the molecule is O=C(O)[C@@H]1[C@@H](c2ccc(O)cc2)[C@H](C(=O)O[C@H](Cc2ccc(O)c(O)c2)C(=O)O)[C@@H]1c1ccc(O)c(O)c1. The summed E-state index contributed by atoms with van der Waals surface area (Å²) in [4.78, 5) is 37.7. The summed E-state index contributed by atoms with van der Waals surface area (Å²) in [5, 5.41) is 68.3. The summed E-state index contributed by atoms with van der Waals surface area (Å²) in [5.41, 5.74) is 0.874. The third-order valence-electron chi connectivity index (χ3n) is 6.76. The van der Waals surface area contributed by atoms with Crippen molar-refractivity contribution < 1.29 is 54.9 Å². The number of hydrogen-bond donors (Lipinski definition) is 7. The highest BCUT2D eigenvalue weighted by Gasteiger charge is 2.59. The predicted molar refractivity (Wildman–Crippen MR) is 129 cm³/mol. The molecule has 0 amide bonds. The van der Waals surface area contributed by atoms with Crippen LogP contribution in [0.15, 0.2) is 60.7 Å². The van der Waals surface area contributed by atoms with E-state index in [1.165, 1.54) is 36.4 Å². The van der Waals surface area contributed by atoms with E-state index in [0.29, 0.717) is 5.56 Å². The van der Waals surface area contributed by atoms with Crippen LogP contribution in [0.2, 0.25) is 0 Å². The average molecular weight is 524 g/mol. The number of carboxylic acid groups (broad SMARTS) is 2. The molecule has 198 valence electrons. The van der Waals surface area contributed by atoms with Crippen molar-refractivity contribution in [1.82, 2.24) is 0 Å². The van der Waals surface area contributed by atoms with Crippen LogP contribution in [0.3, 0.4) is 0 Å². The van der Waals surface area contributed by atoms with Crippen LogP contribution < -0.4 is 0 Å². The van der Waals surface area contributed by atoms with Gasteiger partial charge in [-0.05, 0) is 53.1 Å².